The number of aromatic amines is 1. The molecule has 35 heavy (non-hydrogen) atoms. The lowest BCUT2D eigenvalue weighted by atomic mass is 10.2. The van der Waals surface area contributed by atoms with Crippen molar-refractivity contribution in [2.75, 3.05) is 47.0 Å². The Balaban J connectivity index is 1.77. The summed E-state index contributed by atoms with van der Waals surface area (Å²) in [5, 5.41) is 2.93. The van der Waals surface area contributed by atoms with Crippen LogP contribution in [-0.2, 0) is 11.3 Å². The van der Waals surface area contributed by atoms with Gasteiger partial charge >= 0.3 is 5.69 Å². The lowest BCUT2D eigenvalue weighted by molar-refractivity contribution is -0.115. The van der Waals surface area contributed by atoms with Crippen LogP contribution in [0, 0.1) is 11.8 Å². The summed E-state index contributed by atoms with van der Waals surface area (Å²) in [7, 11) is 0. The highest BCUT2D eigenvalue weighted by molar-refractivity contribution is 5.94. The topological polar surface area (TPSA) is 116 Å². The van der Waals surface area contributed by atoms with E-state index in [2.05, 4.69) is 15.2 Å². The van der Waals surface area contributed by atoms with Crippen molar-refractivity contribution in [1.82, 2.24) is 9.55 Å². The Kier molecular flexibility index (Phi) is 9.01. The number of benzene rings is 1. The molecule has 0 spiro atoms. The number of nitrogens with two attached hydrogens (primary N) is 1. The fraction of sp³-hybridized carbons (Fsp3) is 0.577. The fourth-order valence-corrected chi connectivity index (χ4v) is 4.56. The van der Waals surface area contributed by atoms with Gasteiger partial charge in [-0.05, 0) is 48.9 Å². The van der Waals surface area contributed by atoms with Crippen molar-refractivity contribution in [1.29, 1.82) is 0 Å². The van der Waals surface area contributed by atoms with Crippen molar-refractivity contribution in [3.8, 4) is 0 Å². The average Bonchev–Trinajstić information content (AvgIpc) is 3.06. The number of nitrogen functional groups attached to an aromatic ring is 1. The molecule has 1 saturated heterocycles. The minimum Gasteiger partial charge on any atom is -0.383 e. The van der Waals surface area contributed by atoms with Gasteiger partial charge in [0.05, 0.1) is 6.54 Å². The fourth-order valence-electron chi connectivity index (χ4n) is 4.56. The first kappa shape index (κ1) is 26.4. The van der Waals surface area contributed by atoms with Gasteiger partial charge in [-0.15, -0.1) is 0 Å². The molecule has 9 heteroatoms. The maximum atomic E-state index is 13.0. The molecular weight excluding hydrogens is 444 g/mol. The van der Waals surface area contributed by atoms with E-state index in [0.717, 1.165) is 18.8 Å². The Morgan fingerprint density at radius 3 is 2.23 bits per heavy atom. The van der Waals surface area contributed by atoms with Gasteiger partial charge in [0.1, 0.15) is 11.5 Å². The Morgan fingerprint density at radius 1 is 1.03 bits per heavy atom. The van der Waals surface area contributed by atoms with E-state index in [1.54, 1.807) is 4.90 Å². The molecule has 2 heterocycles. The monoisotopic (exact) mass is 484 g/mol. The maximum absolute atomic E-state index is 13.0. The summed E-state index contributed by atoms with van der Waals surface area (Å²) >= 11 is 0. The molecule has 4 N–H and O–H groups in total. The van der Waals surface area contributed by atoms with Gasteiger partial charge in [0.25, 0.3) is 5.56 Å². The van der Waals surface area contributed by atoms with Crippen LogP contribution in [0.15, 0.2) is 33.9 Å². The first-order chi connectivity index (χ1) is 16.7. The van der Waals surface area contributed by atoms with Crippen LogP contribution >= 0.6 is 0 Å². The molecule has 0 radical (unpaired) electrons. The second-order valence-corrected chi connectivity index (χ2v) is 10.3. The lowest BCUT2D eigenvalue weighted by Crippen LogP contribution is -2.43. The normalized spacial score (nSPS) is 14.3. The third-order valence-electron chi connectivity index (χ3n) is 6.12. The van der Waals surface area contributed by atoms with E-state index >= 15 is 0 Å². The zero-order chi connectivity index (χ0) is 25.5. The van der Waals surface area contributed by atoms with E-state index in [0.29, 0.717) is 18.8 Å². The molecule has 2 aromatic rings. The number of carbonyl (C=O) groups is 1. The Bertz CT molecular complexity index is 1100. The van der Waals surface area contributed by atoms with Crippen molar-refractivity contribution in [3.63, 3.8) is 0 Å². The molecule has 3 rings (SSSR count). The minimum atomic E-state index is -0.581. The number of amides is 1. The van der Waals surface area contributed by atoms with Gasteiger partial charge in [0, 0.05) is 37.6 Å². The molecule has 1 aliphatic heterocycles. The Morgan fingerprint density at radius 2 is 1.66 bits per heavy atom. The molecule has 1 aromatic heterocycles. The summed E-state index contributed by atoms with van der Waals surface area (Å²) in [5.74, 6) is 0.157. The zero-order valence-corrected chi connectivity index (χ0v) is 21.5. The average molecular weight is 485 g/mol. The number of hydrogen-bond acceptors (Lipinski definition) is 6. The van der Waals surface area contributed by atoms with E-state index in [9.17, 15) is 14.4 Å². The molecule has 192 valence electrons. The summed E-state index contributed by atoms with van der Waals surface area (Å²) in [5.41, 5.74) is 7.20. The van der Waals surface area contributed by atoms with Gasteiger partial charge in [-0.3, -0.25) is 19.1 Å². The molecule has 1 amide bonds. The second kappa shape index (κ2) is 12.0. The Hall–Kier alpha value is -3.23. The van der Waals surface area contributed by atoms with Crippen LogP contribution < -0.4 is 32.1 Å². The first-order valence-corrected chi connectivity index (χ1v) is 12.7. The third kappa shape index (κ3) is 7.13. The maximum Gasteiger partial charge on any atom is 0.330 e. The van der Waals surface area contributed by atoms with Gasteiger partial charge in [0.2, 0.25) is 5.91 Å². The molecule has 0 bridgehead atoms. The summed E-state index contributed by atoms with van der Waals surface area (Å²) in [6.07, 6.45) is 4.97. The number of nitrogens with one attached hydrogen (secondary N) is 2. The molecule has 1 aliphatic rings. The van der Waals surface area contributed by atoms with Crippen LogP contribution in [0.2, 0.25) is 0 Å². The highest BCUT2D eigenvalue weighted by Gasteiger charge is 2.22. The molecule has 9 nitrogen and oxygen atoms in total. The predicted octanol–water partition coefficient (Wildman–Crippen LogP) is 3.26. The highest BCUT2D eigenvalue weighted by Crippen LogP contribution is 2.22. The van der Waals surface area contributed by atoms with Crippen LogP contribution in [0.25, 0.3) is 0 Å². The Labute approximate surface area is 207 Å². The number of hydrogen-bond donors (Lipinski definition) is 3. The molecule has 1 fully saturated rings. The number of aromatic nitrogens is 2. The quantitative estimate of drug-likeness (QED) is 0.503. The summed E-state index contributed by atoms with van der Waals surface area (Å²) in [6, 6.07) is 7.90. The number of nitrogens with zero attached hydrogens (tertiary/aromatic N) is 3. The standard InChI is InChI=1S/C26H40N6O3/c1-18(2)15-31(23-24(27)32(16-19(3)4)26(35)29-25(23)34)17-22(33)28-20-9-11-21(12-10-20)30-13-7-5-6-8-14-30/h9-12,18-19H,5-8,13-17,27H2,1-4H3,(H,28,33)(H,29,34,35). The molecule has 0 atom stereocenters. The largest absolute Gasteiger partial charge is 0.383 e. The predicted molar refractivity (Wildman–Crippen MR) is 143 cm³/mol. The third-order valence-corrected chi connectivity index (χ3v) is 6.12. The van der Waals surface area contributed by atoms with E-state index < -0.39 is 11.2 Å². The molecule has 0 saturated carbocycles. The molecule has 0 aliphatic carbocycles. The van der Waals surface area contributed by atoms with Gasteiger partial charge in [-0.25, -0.2) is 4.79 Å². The van der Waals surface area contributed by atoms with Crippen molar-refractivity contribution < 1.29 is 4.79 Å². The van der Waals surface area contributed by atoms with Crippen molar-refractivity contribution >= 4 is 28.8 Å². The van der Waals surface area contributed by atoms with E-state index in [-0.39, 0.29) is 35.8 Å². The van der Waals surface area contributed by atoms with Crippen molar-refractivity contribution in [2.45, 2.75) is 59.9 Å². The van der Waals surface area contributed by atoms with Crippen LogP contribution in [0.5, 0.6) is 0 Å². The highest BCUT2D eigenvalue weighted by atomic mass is 16.2. The number of carbonyl (C=O) groups excluding carboxylic acids is 1. The van der Waals surface area contributed by atoms with E-state index in [1.165, 1.54) is 30.3 Å². The zero-order valence-electron chi connectivity index (χ0n) is 21.5. The van der Waals surface area contributed by atoms with Gasteiger partial charge in [0.15, 0.2) is 0 Å². The van der Waals surface area contributed by atoms with Crippen LogP contribution in [-0.4, -0.2) is 41.6 Å². The van der Waals surface area contributed by atoms with Gasteiger partial charge in [-0.2, -0.15) is 0 Å². The van der Waals surface area contributed by atoms with Gasteiger partial charge < -0.3 is 20.9 Å². The van der Waals surface area contributed by atoms with Crippen LogP contribution in [0.3, 0.4) is 0 Å². The summed E-state index contributed by atoms with van der Waals surface area (Å²) in [6.45, 7) is 10.8. The van der Waals surface area contributed by atoms with E-state index in [1.807, 2.05) is 52.0 Å². The van der Waals surface area contributed by atoms with E-state index in [4.69, 9.17) is 5.73 Å². The number of anilines is 4. The van der Waals surface area contributed by atoms with Gasteiger partial charge in [-0.1, -0.05) is 40.5 Å². The molecule has 0 unspecified atom stereocenters. The molecule has 1 aromatic carbocycles. The van der Waals surface area contributed by atoms with Crippen LogP contribution in [0.4, 0.5) is 22.9 Å². The smallest absolute Gasteiger partial charge is 0.330 e. The summed E-state index contributed by atoms with van der Waals surface area (Å²) in [4.78, 5) is 44.5. The minimum absolute atomic E-state index is 0.0563. The first-order valence-electron chi connectivity index (χ1n) is 12.7. The number of rotatable bonds is 9. The molecular formula is C26H40N6O3. The van der Waals surface area contributed by atoms with Crippen molar-refractivity contribution in [2.24, 2.45) is 11.8 Å². The second-order valence-electron chi connectivity index (χ2n) is 10.3. The van der Waals surface area contributed by atoms with Crippen molar-refractivity contribution in [3.05, 3.63) is 45.1 Å². The lowest BCUT2D eigenvalue weighted by Gasteiger charge is -2.27. The number of H-pyrrole nitrogens is 1. The SMILES string of the molecule is CC(C)CN(CC(=O)Nc1ccc(N2CCCCCC2)cc1)c1c(N)n(CC(C)C)c(=O)[nH]c1=O. The van der Waals surface area contributed by atoms with Crippen LogP contribution in [0.1, 0.15) is 53.4 Å². The summed E-state index contributed by atoms with van der Waals surface area (Å²) < 4.78 is 1.37.